The maximum absolute atomic E-state index is 13.8. The molecule has 1 aliphatic rings. The number of nitrogens with one attached hydrogen (secondary N) is 1. The van der Waals surface area contributed by atoms with Crippen molar-refractivity contribution in [3.8, 4) is 5.75 Å². The molecule has 1 atom stereocenters. The van der Waals surface area contributed by atoms with Crippen LogP contribution in [0.15, 0.2) is 42.5 Å². The van der Waals surface area contributed by atoms with Crippen molar-refractivity contribution in [1.29, 1.82) is 0 Å². The van der Waals surface area contributed by atoms with Gasteiger partial charge in [-0.3, -0.25) is 13.9 Å². The molecular formula is C27H37N3O5S. The van der Waals surface area contributed by atoms with Crippen LogP contribution in [0.3, 0.4) is 0 Å². The van der Waals surface area contributed by atoms with Gasteiger partial charge < -0.3 is 15.0 Å². The smallest absolute Gasteiger partial charge is 0.244 e. The summed E-state index contributed by atoms with van der Waals surface area (Å²) in [6.07, 6.45) is 5.07. The van der Waals surface area contributed by atoms with E-state index in [2.05, 4.69) is 5.32 Å². The summed E-state index contributed by atoms with van der Waals surface area (Å²) in [5.74, 6) is -0.361. The number of carbonyl (C=O) groups is 2. The van der Waals surface area contributed by atoms with Crippen molar-refractivity contribution in [2.45, 2.75) is 65.1 Å². The summed E-state index contributed by atoms with van der Waals surface area (Å²) in [5.41, 5.74) is 2.99. The van der Waals surface area contributed by atoms with Gasteiger partial charge in [0, 0.05) is 12.6 Å². The molecule has 0 saturated heterocycles. The number of rotatable bonds is 10. The zero-order valence-corrected chi connectivity index (χ0v) is 22.6. The van der Waals surface area contributed by atoms with Crippen molar-refractivity contribution in [3.63, 3.8) is 0 Å². The minimum Gasteiger partial charge on any atom is -0.495 e. The number of aryl methyl sites for hydroxylation is 2. The van der Waals surface area contributed by atoms with Crippen LogP contribution in [0.1, 0.15) is 49.3 Å². The average Bonchev–Trinajstić information content (AvgIpc) is 3.33. The number of methoxy groups -OCH3 is 1. The average molecular weight is 516 g/mol. The molecule has 1 N–H and O–H groups in total. The van der Waals surface area contributed by atoms with Crippen LogP contribution in [0.5, 0.6) is 5.75 Å². The Morgan fingerprint density at radius 1 is 1.11 bits per heavy atom. The Morgan fingerprint density at radius 2 is 1.78 bits per heavy atom. The molecule has 2 aromatic rings. The molecule has 0 spiro atoms. The second-order valence-corrected chi connectivity index (χ2v) is 11.5. The van der Waals surface area contributed by atoms with Crippen molar-refractivity contribution in [1.82, 2.24) is 10.2 Å². The highest BCUT2D eigenvalue weighted by molar-refractivity contribution is 7.92. The first kappa shape index (κ1) is 27.5. The molecule has 1 aliphatic carbocycles. The summed E-state index contributed by atoms with van der Waals surface area (Å²) in [7, 11) is -2.38. The van der Waals surface area contributed by atoms with Crippen molar-refractivity contribution >= 4 is 27.5 Å². The van der Waals surface area contributed by atoms with E-state index in [1.807, 2.05) is 44.2 Å². The molecule has 0 aromatic heterocycles. The first-order valence-corrected chi connectivity index (χ1v) is 14.1. The fourth-order valence-corrected chi connectivity index (χ4v) is 5.38. The topological polar surface area (TPSA) is 96.0 Å². The molecular weight excluding hydrogens is 478 g/mol. The highest BCUT2D eigenvalue weighted by atomic mass is 32.2. The summed E-state index contributed by atoms with van der Waals surface area (Å²) < 4.78 is 32.1. The Bertz CT molecular complexity index is 1190. The first-order chi connectivity index (χ1) is 17.0. The van der Waals surface area contributed by atoms with E-state index in [9.17, 15) is 18.0 Å². The van der Waals surface area contributed by atoms with Gasteiger partial charge in [-0.05, 0) is 62.4 Å². The van der Waals surface area contributed by atoms with Gasteiger partial charge in [0.05, 0.1) is 19.1 Å². The van der Waals surface area contributed by atoms with Gasteiger partial charge in [0.2, 0.25) is 21.8 Å². The number of hydrogen-bond acceptors (Lipinski definition) is 5. The highest BCUT2D eigenvalue weighted by Gasteiger charge is 2.32. The molecule has 196 valence electrons. The fourth-order valence-electron chi connectivity index (χ4n) is 4.54. The van der Waals surface area contributed by atoms with Crippen molar-refractivity contribution in [2.75, 3.05) is 24.2 Å². The lowest BCUT2D eigenvalue weighted by atomic mass is 10.1. The van der Waals surface area contributed by atoms with E-state index in [0.29, 0.717) is 5.75 Å². The molecule has 1 fully saturated rings. The lowest BCUT2D eigenvalue weighted by Gasteiger charge is -2.32. The quantitative estimate of drug-likeness (QED) is 0.522. The van der Waals surface area contributed by atoms with E-state index in [1.54, 1.807) is 19.1 Å². The summed E-state index contributed by atoms with van der Waals surface area (Å²) in [6, 6.07) is 12.1. The molecule has 0 bridgehead atoms. The van der Waals surface area contributed by atoms with Crippen LogP contribution in [0, 0.1) is 13.8 Å². The van der Waals surface area contributed by atoms with Crippen LogP contribution >= 0.6 is 0 Å². The van der Waals surface area contributed by atoms with Crippen LogP contribution in [0.2, 0.25) is 0 Å². The molecule has 1 unspecified atom stereocenters. The molecule has 0 radical (unpaired) electrons. The van der Waals surface area contributed by atoms with E-state index in [1.165, 1.54) is 12.0 Å². The number of anilines is 1. The molecule has 0 aliphatic heterocycles. The lowest BCUT2D eigenvalue weighted by molar-refractivity contribution is -0.139. The summed E-state index contributed by atoms with van der Waals surface area (Å²) in [6.45, 7) is 5.21. The Kier molecular flexibility index (Phi) is 9.00. The van der Waals surface area contributed by atoms with Gasteiger partial charge in [0.15, 0.2) is 0 Å². The van der Waals surface area contributed by atoms with Gasteiger partial charge in [-0.25, -0.2) is 8.42 Å². The molecule has 0 heterocycles. The number of sulfonamides is 1. The zero-order chi connectivity index (χ0) is 26.5. The van der Waals surface area contributed by atoms with Crippen LogP contribution in [-0.4, -0.2) is 57.1 Å². The van der Waals surface area contributed by atoms with E-state index < -0.39 is 28.5 Å². The predicted octanol–water partition coefficient (Wildman–Crippen LogP) is 3.55. The van der Waals surface area contributed by atoms with Gasteiger partial charge in [0.25, 0.3) is 0 Å². The van der Waals surface area contributed by atoms with Crippen molar-refractivity contribution in [2.24, 2.45) is 0 Å². The van der Waals surface area contributed by atoms with Gasteiger partial charge in [0.1, 0.15) is 18.3 Å². The standard InChI is InChI=1S/C27H37N3O5S/c1-19-14-15-25(35-4)24(16-19)30(36(5,33)34)18-26(31)29(17-22-11-7-6-10-20(22)2)21(3)27(32)28-23-12-8-9-13-23/h6-7,10-11,14-16,21,23H,8-9,12-13,17-18H2,1-5H3,(H,28,32). The third kappa shape index (κ3) is 6.78. The van der Waals surface area contributed by atoms with E-state index >= 15 is 0 Å². The van der Waals surface area contributed by atoms with Crippen LogP contribution in [-0.2, 0) is 26.2 Å². The van der Waals surface area contributed by atoms with Crippen LogP contribution < -0.4 is 14.4 Å². The minimum absolute atomic E-state index is 0.111. The number of nitrogens with zero attached hydrogens (tertiary/aromatic N) is 2. The molecule has 2 amide bonds. The maximum Gasteiger partial charge on any atom is 0.244 e. The second-order valence-electron chi connectivity index (χ2n) is 9.56. The SMILES string of the molecule is COc1ccc(C)cc1N(CC(=O)N(Cc1ccccc1C)C(C)C(=O)NC1CCCC1)S(C)(=O)=O. The monoisotopic (exact) mass is 515 g/mol. The number of carbonyl (C=O) groups excluding carboxylic acids is 2. The Morgan fingerprint density at radius 3 is 2.39 bits per heavy atom. The number of amides is 2. The van der Waals surface area contributed by atoms with Crippen molar-refractivity contribution in [3.05, 3.63) is 59.2 Å². The third-order valence-electron chi connectivity index (χ3n) is 6.75. The molecule has 8 nitrogen and oxygen atoms in total. The van der Waals surface area contributed by atoms with Gasteiger partial charge in [-0.1, -0.05) is 43.2 Å². The second kappa shape index (κ2) is 11.8. The highest BCUT2D eigenvalue weighted by Crippen LogP contribution is 2.31. The van der Waals surface area contributed by atoms with Crippen LogP contribution in [0.25, 0.3) is 0 Å². The van der Waals surface area contributed by atoms with Crippen LogP contribution in [0.4, 0.5) is 5.69 Å². The zero-order valence-electron chi connectivity index (χ0n) is 21.8. The van der Waals surface area contributed by atoms with Gasteiger partial charge in [-0.15, -0.1) is 0 Å². The fraction of sp³-hybridized carbons (Fsp3) is 0.481. The van der Waals surface area contributed by atoms with E-state index in [0.717, 1.165) is 52.9 Å². The van der Waals surface area contributed by atoms with E-state index in [4.69, 9.17) is 4.74 Å². The Balaban J connectivity index is 1.94. The normalized spacial score (nSPS) is 14.8. The predicted molar refractivity (Wildman–Crippen MR) is 142 cm³/mol. The summed E-state index contributed by atoms with van der Waals surface area (Å²) in [4.78, 5) is 28.4. The number of hydrogen-bond donors (Lipinski definition) is 1. The molecule has 3 rings (SSSR count). The Labute approximate surface area is 214 Å². The summed E-state index contributed by atoms with van der Waals surface area (Å²) >= 11 is 0. The third-order valence-corrected chi connectivity index (χ3v) is 7.88. The minimum atomic E-state index is -3.84. The molecule has 9 heteroatoms. The largest absolute Gasteiger partial charge is 0.495 e. The molecule has 2 aromatic carbocycles. The van der Waals surface area contributed by atoms with E-state index in [-0.39, 0.29) is 24.2 Å². The number of benzene rings is 2. The number of ether oxygens (including phenoxy) is 1. The van der Waals surface area contributed by atoms with Gasteiger partial charge in [-0.2, -0.15) is 0 Å². The van der Waals surface area contributed by atoms with Crippen molar-refractivity contribution < 1.29 is 22.7 Å². The molecule has 36 heavy (non-hydrogen) atoms. The maximum atomic E-state index is 13.8. The Hall–Kier alpha value is -3.07. The summed E-state index contributed by atoms with van der Waals surface area (Å²) in [5, 5.41) is 3.07. The lowest BCUT2D eigenvalue weighted by Crippen LogP contribution is -2.52. The first-order valence-electron chi connectivity index (χ1n) is 12.3. The molecule has 1 saturated carbocycles. The van der Waals surface area contributed by atoms with Gasteiger partial charge >= 0.3 is 0 Å².